The molecule has 2 N–H and O–H groups in total. The molecule has 0 saturated carbocycles. The van der Waals surface area contributed by atoms with Gasteiger partial charge in [-0.3, -0.25) is 4.68 Å². The first-order chi connectivity index (χ1) is 10.6. The van der Waals surface area contributed by atoms with Crippen molar-refractivity contribution in [2.45, 2.75) is 18.4 Å². The number of rotatable bonds is 1. The van der Waals surface area contributed by atoms with Gasteiger partial charge in [-0.1, -0.05) is 0 Å². The van der Waals surface area contributed by atoms with Gasteiger partial charge in [0.15, 0.2) is 0 Å². The predicted molar refractivity (Wildman–Crippen MR) is 80.0 cm³/mol. The second kappa shape index (κ2) is 4.58. The highest BCUT2D eigenvalue weighted by Gasteiger charge is 2.43. The third kappa shape index (κ3) is 1.77. The summed E-state index contributed by atoms with van der Waals surface area (Å²) in [6.07, 6.45) is 3.58. The van der Waals surface area contributed by atoms with Gasteiger partial charge in [0, 0.05) is 31.0 Å². The van der Waals surface area contributed by atoms with Gasteiger partial charge in [-0.05, 0) is 31.3 Å². The molecular weight excluding hydrogens is 282 g/mol. The van der Waals surface area contributed by atoms with E-state index in [1.54, 1.807) is 12.1 Å². The maximum Gasteiger partial charge on any atom is 0.335 e. The number of carboxylic acids is 1. The van der Waals surface area contributed by atoms with Crippen LogP contribution in [0.5, 0.6) is 5.75 Å². The topological polar surface area (TPSA) is 76.4 Å². The van der Waals surface area contributed by atoms with E-state index in [0.29, 0.717) is 5.75 Å². The van der Waals surface area contributed by atoms with Crippen LogP contribution in [-0.4, -0.2) is 33.9 Å². The molecule has 2 aliphatic rings. The number of piperidine rings is 1. The number of carboxylic acid groups (broad SMARTS) is 1. The lowest BCUT2D eigenvalue weighted by atomic mass is 9.81. The lowest BCUT2D eigenvalue weighted by Crippen LogP contribution is -2.45. The van der Waals surface area contributed by atoms with Crippen LogP contribution in [0.4, 0.5) is 0 Å². The molecule has 4 rings (SSSR count). The molecular formula is C16H17N3O3. The molecule has 0 atom stereocenters. The zero-order chi connectivity index (χ0) is 15.3. The molecule has 1 saturated heterocycles. The van der Waals surface area contributed by atoms with Crippen LogP contribution in [0, 0.1) is 0 Å². The van der Waals surface area contributed by atoms with Crippen molar-refractivity contribution in [2.24, 2.45) is 7.05 Å². The number of nitrogens with zero attached hydrogens (tertiary/aromatic N) is 2. The molecule has 6 nitrogen and oxygen atoms in total. The van der Waals surface area contributed by atoms with Gasteiger partial charge >= 0.3 is 5.97 Å². The zero-order valence-corrected chi connectivity index (χ0v) is 12.3. The monoisotopic (exact) mass is 299 g/mol. The molecule has 1 aromatic heterocycles. The molecule has 1 spiro atoms. The highest BCUT2D eigenvalue weighted by molar-refractivity contribution is 5.90. The van der Waals surface area contributed by atoms with Crippen molar-refractivity contribution < 1.29 is 14.6 Å². The van der Waals surface area contributed by atoms with Gasteiger partial charge in [0.2, 0.25) is 0 Å². The summed E-state index contributed by atoms with van der Waals surface area (Å²) in [5.74, 6) is -0.306. The van der Waals surface area contributed by atoms with E-state index >= 15 is 0 Å². The quantitative estimate of drug-likeness (QED) is 0.839. The number of fused-ring (bicyclic) bond motifs is 4. The van der Waals surface area contributed by atoms with Gasteiger partial charge in [-0.15, -0.1) is 0 Å². The minimum absolute atomic E-state index is 0.244. The van der Waals surface area contributed by atoms with Crippen LogP contribution in [0.1, 0.15) is 28.8 Å². The van der Waals surface area contributed by atoms with E-state index in [-0.39, 0.29) is 5.56 Å². The molecule has 2 aromatic rings. The van der Waals surface area contributed by atoms with Crippen molar-refractivity contribution in [3.05, 3.63) is 35.5 Å². The fourth-order valence-electron chi connectivity index (χ4n) is 3.49. The van der Waals surface area contributed by atoms with Crippen molar-refractivity contribution in [3.8, 4) is 17.0 Å². The summed E-state index contributed by atoms with van der Waals surface area (Å²) in [5.41, 5.74) is 2.88. The Morgan fingerprint density at radius 2 is 2.18 bits per heavy atom. The first-order valence-corrected chi connectivity index (χ1v) is 7.41. The second-order valence-electron chi connectivity index (χ2n) is 5.89. The molecule has 3 heterocycles. The normalized spacial score (nSPS) is 18.4. The Balaban J connectivity index is 1.93. The van der Waals surface area contributed by atoms with Crippen molar-refractivity contribution >= 4 is 5.97 Å². The highest BCUT2D eigenvalue weighted by atomic mass is 16.5. The maximum absolute atomic E-state index is 11.2. The predicted octanol–water partition coefficient (Wildman–Crippen LogP) is 1.76. The van der Waals surface area contributed by atoms with Crippen molar-refractivity contribution in [3.63, 3.8) is 0 Å². The summed E-state index contributed by atoms with van der Waals surface area (Å²) >= 11 is 0. The molecule has 2 aliphatic heterocycles. The Hall–Kier alpha value is -2.34. The van der Waals surface area contributed by atoms with Crippen LogP contribution in [0.15, 0.2) is 24.4 Å². The van der Waals surface area contributed by atoms with Gasteiger partial charge in [0.1, 0.15) is 11.4 Å². The molecule has 0 radical (unpaired) electrons. The van der Waals surface area contributed by atoms with Gasteiger partial charge in [0.25, 0.3) is 0 Å². The molecule has 0 bridgehead atoms. The van der Waals surface area contributed by atoms with Gasteiger partial charge < -0.3 is 15.2 Å². The molecule has 0 aliphatic carbocycles. The third-order valence-corrected chi connectivity index (χ3v) is 4.63. The van der Waals surface area contributed by atoms with E-state index in [9.17, 15) is 9.90 Å². The van der Waals surface area contributed by atoms with Gasteiger partial charge in [-0.25, -0.2) is 4.79 Å². The summed E-state index contributed by atoms with van der Waals surface area (Å²) in [5, 5.41) is 17.0. The lowest BCUT2D eigenvalue weighted by molar-refractivity contribution is 0.0304. The number of aromatic carboxylic acids is 1. The van der Waals surface area contributed by atoms with Crippen molar-refractivity contribution in [1.82, 2.24) is 15.1 Å². The van der Waals surface area contributed by atoms with Gasteiger partial charge in [-0.2, -0.15) is 5.10 Å². The zero-order valence-electron chi connectivity index (χ0n) is 12.3. The van der Waals surface area contributed by atoms with Gasteiger partial charge in [0.05, 0.1) is 17.5 Å². The molecule has 114 valence electrons. The Kier molecular flexibility index (Phi) is 2.77. The second-order valence-corrected chi connectivity index (χ2v) is 5.89. The number of hydrogen-bond donors (Lipinski definition) is 2. The maximum atomic E-state index is 11.2. The molecule has 6 heteroatoms. The standard InChI is InChI=1S/C16H17N3O3/c1-19-14-11-3-2-10(15(20)21)8-13(11)22-16(12(14)9-18-19)4-6-17-7-5-16/h2-3,8-9,17H,4-7H2,1H3,(H,20,21). The Labute approximate surface area is 127 Å². The first-order valence-electron chi connectivity index (χ1n) is 7.41. The fraction of sp³-hybridized carbons (Fsp3) is 0.375. The minimum atomic E-state index is -0.943. The van der Waals surface area contributed by atoms with E-state index < -0.39 is 11.6 Å². The number of nitrogens with one attached hydrogen (secondary N) is 1. The van der Waals surface area contributed by atoms with E-state index in [0.717, 1.165) is 42.8 Å². The molecule has 1 aromatic carbocycles. The third-order valence-electron chi connectivity index (χ3n) is 4.63. The summed E-state index contributed by atoms with van der Waals surface area (Å²) in [6.45, 7) is 1.75. The minimum Gasteiger partial charge on any atom is -0.482 e. The van der Waals surface area contributed by atoms with Crippen LogP contribution in [0.25, 0.3) is 11.3 Å². The van der Waals surface area contributed by atoms with Crippen LogP contribution >= 0.6 is 0 Å². The number of ether oxygens (including phenoxy) is 1. The molecule has 0 amide bonds. The van der Waals surface area contributed by atoms with Crippen molar-refractivity contribution in [2.75, 3.05) is 13.1 Å². The lowest BCUT2D eigenvalue weighted by Gasteiger charge is -2.41. The summed E-state index contributed by atoms with van der Waals surface area (Å²) < 4.78 is 8.18. The van der Waals surface area contributed by atoms with Crippen LogP contribution in [-0.2, 0) is 12.6 Å². The Bertz CT molecular complexity index is 760. The van der Waals surface area contributed by atoms with E-state index in [1.807, 2.05) is 24.0 Å². The largest absolute Gasteiger partial charge is 0.482 e. The smallest absolute Gasteiger partial charge is 0.335 e. The number of benzene rings is 1. The number of aromatic nitrogens is 2. The Morgan fingerprint density at radius 3 is 2.91 bits per heavy atom. The van der Waals surface area contributed by atoms with E-state index in [1.165, 1.54) is 0 Å². The summed E-state index contributed by atoms with van der Waals surface area (Å²) in [7, 11) is 1.91. The number of aryl methyl sites for hydroxylation is 1. The first kappa shape index (κ1) is 13.3. The average molecular weight is 299 g/mol. The molecule has 0 unspecified atom stereocenters. The van der Waals surface area contributed by atoms with E-state index in [4.69, 9.17) is 4.74 Å². The number of hydrogen-bond acceptors (Lipinski definition) is 4. The van der Waals surface area contributed by atoms with Crippen LogP contribution in [0.2, 0.25) is 0 Å². The fourth-order valence-corrected chi connectivity index (χ4v) is 3.49. The summed E-state index contributed by atoms with van der Waals surface area (Å²) in [4.78, 5) is 11.2. The average Bonchev–Trinajstić information content (AvgIpc) is 2.91. The van der Waals surface area contributed by atoms with Crippen LogP contribution < -0.4 is 10.1 Å². The van der Waals surface area contributed by atoms with E-state index in [2.05, 4.69) is 10.4 Å². The number of carbonyl (C=O) groups is 1. The molecule has 1 fully saturated rings. The highest BCUT2D eigenvalue weighted by Crippen LogP contribution is 2.48. The van der Waals surface area contributed by atoms with Crippen molar-refractivity contribution in [1.29, 1.82) is 0 Å². The molecule has 22 heavy (non-hydrogen) atoms. The Morgan fingerprint density at radius 1 is 1.41 bits per heavy atom. The summed E-state index contributed by atoms with van der Waals surface area (Å²) in [6, 6.07) is 5.05. The SMILES string of the molecule is Cn1ncc2c1-c1ccc(C(=O)O)cc1OC21CCNCC1. The van der Waals surface area contributed by atoms with Crippen LogP contribution in [0.3, 0.4) is 0 Å².